The fourth-order valence-electron chi connectivity index (χ4n) is 4.81. The Bertz CT molecular complexity index is 1020. The van der Waals surface area contributed by atoms with E-state index in [0.29, 0.717) is 51.8 Å². The van der Waals surface area contributed by atoms with E-state index in [1.165, 1.54) is 0 Å². The van der Waals surface area contributed by atoms with E-state index in [2.05, 4.69) is 0 Å². The third kappa shape index (κ3) is 10.6. The van der Waals surface area contributed by atoms with Crippen LogP contribution in [0.25, 0.3) is 0 Å². The normalized spacial score (nSPS) is 22.1. The van der Waals surface area contributed by atoms with Gasteiger partial charge in [0.05, 0.1) is 45.2 Å². The average Bonchev–Trinajstić information content (AvgIpc) is 3.67. The van der Waals surface area contributed by atoms with Crippen molar-refractivity contribution >= 4 is 5.90 Å². The van der Waals surface area contributed by atoms with Gasteiger partial charge >= 0.3 is 0 Å². The lowest BCUT2D eigenvalue weighted by molar-refractivity contribution is -0.0617. The summed E-state index contributed by atoms with van der Waals surface area (Å²) in [5, 5.41) is 17.0. The summed E-state index contributed by atoms with van der Waals surface area (Å²) < 4.78 is 40.5. The summed E-state index contributed by atoms with van der Waals surface area (Å²) in [5.41, 5.74) is 1.97. The average molecular weight is 572 g/mol. The smallest absolute Gasteiger partial charge is 0.184 e. The third-order valence-corrected chi connectivity index (χ3v) is 7.06. The number of nitrogens with one attached hydrogen (secondary N) is 1. The first-order chi connectivity index (χ1) is 20.1. The molecule has 41 heavy (non-hydrogen) atoms. The van der Waals surface area contributed by atoms with Crippen molar-refractivity contribution in [3.63, 3.8) is 0 Å². The highest BCUT2D eigenvalue weighted by atomic mass is 16.7. The molecule has 2 aromatic carbocycles. The quantitative estimate of drug-likeness (QED) is 0.126. The van der Waals surface area contributed by atoms with Crippen LogP contribution in [0.4, 0.5) is 0 Å². The van der Waals surface area contributed by atoms with Crippen molar-refractivity contribution in [2.45, 2.75) is 83.1 Å². The lowest BCUT2D eigenvalue weighted by Crippen LogP contribution is -2.11. The number of ether oxygens (including phenoxy) is 7. The standard InChI is InChI=1S/C32H45NO8/c1-2-35-26-15-11-24(12-16-26)31-39-23-29(41-31)9-4-6-20-37-30(33)10-7-21-36-27-17-13-25(14-18-27)32-38-22-28(40-32)8-3-5-19-34/h11-18,28-29,31-34H,2-10,19-23H2,1H3. The van der Waals surface area contributed by atoms with Gasteiger partial charge in [0.2, 0.25) is 0 Å². The maximum Gasteiger partial charge on any atom is 0.184 e. The summed E-state index contributed by atoms with van der Waals surface area (Å²) in [4.78, 5) is 0. The summed E-state index contributed by atoms with van der Waals surface area (Å²) in [5.74, 6) is 1.92. The summed E-state index contributed by atoms with van der Waals surface area (Å²) >= 11 is 0. The molecule has 2 fully saturated rings. The fourth-order valence-corrected chi connectivity index (χ4v) is 4.81. The van der Waals surface area contributed by atoms with E-state index in [-0.39, 0.29) is 31.4 Å². The van der Waals surface area contributed by atoms with Crippen molar-refractivity contribution in [2.24, 2.45) is 0 Å². The molecule has 4 unspecified atom stereocenters. The highest BCUT2D eigenvalue weighted by Gasteiger charge is 2.28. The van der Waals surface area contributed by atoms with Crippen LogP contribution < -0.4 is 9.47 Å². The molecule has 9 heteroatoms. The van der Waals surface area contributed by atoms with Gasteiger partial charge in [-0.3, -0.25) is 5.41 Å². The predicted octanol–water partition coefficient (Wildman–Crippen LogP) is 6.10. The minimum Gasteiger partial charge on any atom is -0.494 e. The molecule has 0 amide bonds. The van der Waals surface area contributed by atoms with Crippen molar-refractivity contribution < 1.29 is 38.3 Å². The Morgan fingerprint density at radius 3 is 1.88 bits per heavy atom. The molecule has 226 valence electrons. The molecule has 2 aliphatic heterocycles. The second-order valence-corrected chi connectivity index (χ2v) is 10.4. The van der Waals surface area contributed by atoms with E-state index in [4.69, 9.17) is 43.7 Å². The molecule has 2 aliphatic rings. The molecule has 0 spiro atoms. The first-order valence-corrected chi connectivity index (χ1v) is 14.9. The van der Waals surface area contributed by atoms with Crippen molar-refractivity contribution in [1.29, 1.82) is 5.41 Å². The Labute approximate surface area is 243 Å². The predicted molar refractivity (Wildman–Crippen MR) is 154 cm³/mol. The summed E-state index contributed by atoms with van der Waals surface area (Å²) in [6.07, 6.45) is 6.11. The molecule has 9 nitrogen and oxygen atoms in total. The topological polar surface area (TPSA) is 109 Å². The first kappa shape index (κ1) is 31.3. The number of aliphatic hydroxyl groups is 1. The van der Waals surface area contributed by atoms with Gasteiger partial charge in [-0.25, -0.2) is 0 Å². The van der Waals surface area contributed by atoms with Crippen LogP contribution in [0.5, 0.6) is 11.5 Å². The molecule has 2 aromatic rings. The highest BCUT2D eigenvalue weighted by molar-refractivity contribution is 5.72. The van der Waals surface area contributed by atoms with Crippen LogP contribution in [0, 0.1) is 5.41 Å². The van der Waals surface area contributed by atoms with E-state index in [0.717, 1.165) is 61.2 Å². The van der Waals surface area contributed by atoms with Gasteiger partial charge < -0.3 is 38.3 Å². The van der Waals surface area contributed by atoms with Crippen molar-refractivity contribution in [3.05, 3.63) is 59.7 Å². The van der Waals surface area contributed by atoms with E-state index in [9.17, 15) is 0 Å². The van der Waals surface area contributed by atoms with Crippen LogP contribution >= 0.6 is 0 Å². The van der Waals surface area contributed by atoms with Gasteiger partial charge in [-0.2, -0.15) is 0 Å². The largest absolute Gasteiger partial charge is 0.494 e. The SMILES string of the molecule is CCOc1ccc(C2OCC(CCCCOC(=N)CCCOc3ccc(C4OCC(CCCCO)O4)cc3)O2)cc1. The molecule has 2 heterocycles. The van der Waals surface area contributed by atoms with E-state index >= 15 is 0 Å². The van der Waals surface area contributed by atoms with Crippen LogP contribution in [0.2, 0.25) is 0 Å². The van der Waals surface area contributed by atoms with E-state index < -0.39 is 0 Å². The molecule has 0 aromatic heterocycles. The van der Waals surface area contributed by atoms with Crippen LogP contribution in [-0.4, -0.2) is 62.9 Å². The molecule has 2 saturated heterocycles. The number of aliphatic hydroxyl groups excluding tert-OH is 1. The zero-order valence-electron chi connectivity index (χ0n) is 24.1. The van der Waals surface area contributed by atoms with Crippen LogP contribution in [0.3, 0.4) is 0 Å². The zero-order valence-corrected chi connectivity index (χ0v) is 24.1. The van der Waals surface area contributed by atoms with Gasteiger partial charge in [0.1, 0.15) is 11.5 Å². The van der Waals surface area contributed by atoms with Gasteiger partial charge in [0, 0.05) is 24.2 Å². The highest BCUT2D eigenvalue weighted by Crippen LogP contribution is 2.31. The van der Waals surface area contributed by atoms with Gasteiger partial charge in [-0.05, 0) is 76.1 Å². The van der Waals surface area contributed by atoms with Crippen LogP contribution in [0.15, 0.2) is 48.5 Å². The fraction of sp³-hybridized carbons (Fsp3) is 0.594. The molecule has 4 rings (SSSR count). The Morgan fingerprint density at radius 2 is 1.32 bits per heavy atom. The lowest BCUT2D eigenvalue weighted by atomic mass is 10.1. The molecular weight excluding hydrogens is 526 g/mol. The minimum absolute atomic E-state index is 0.0785. The molecule has 0 radical (unpaired) electrons. The Kier molecular flexibility index (Phi) is 13.2. The second kappa shape index (κ2) is 17.3. The minimum atomic E-state index is -0.346. The Hall–Kier alpha value is -2.69. The molecule has 0 aliphatic carbocycles. The van der Waals surface area contributed by atoms with Gasteiger partial charge in [-0.1, -0.05) is 24.3 Å². The van der Waals surface area contributed by atoms with Gasteiger partial charge in [0.15, 0.2) is 18.5 Å². The summed E-state index contributed by atoms with van der Waals surface area (Å²) in [6.45, 7) is 5.05. The Balaban J connectivity index is 1.00. The monoisotopic (exact) mass is 571 g/mol. The van der Waals surface area contributed by atoms with E-state index in [1.54, 1.807) is 0 Å². The Morgan fingerprint density at radius 1 is 0.756 bits per heavy atom. The van der Waals surface area contributed by atoms with Crippen LogP contribution in [0.1, 0.15) is 82.0 Å². The van der Waals surface area contributed by atoms with Crippen molar-refractivity contribution in [3.8, 4) is 11.5 Å². The number of benzene rings is 2. The van der Waals surface area contributed by atoms with Gasteiger partial charge in [-0.15, -0.1) is 0 Å². The number of unbranched alkanes of at least 4 members (excludes halogenated alkanes) is 2. The molecule has 4 atom stereocenters. The molecule has 0 bridgehead atoms. The number of rotatable bonds is 18. The van der Waals surface area contributed by atoms with Crippen LogP contribution in [-0.2, 0) is 23.7 Å². The van der Waals surface area contributed by atoms with Gasteiger partial charge in [0.25, 0.3) is 0 Å². The number of hydrogen-bond donors (Lipinski definition) is 2. The third-order valence-electron chi connectivity index (χ3n) is 7.06. The molecule has 2 N–H and O–H groups in total. The summed E-state index contributed by atoms with van der Waals surface area (Å²) in [7, 11) is 0. The lowest BCUT2D eigenvalue weighted by Gasteiger charge is -2.13. The molecular formula is C32H45NO8. The summed E-state index contributed by atoms with van der Waals surface area (Å²) in [6, 6.07) is 15.6. The maximum atomic E-state index is 8.92. The number of hydrogen-bond acceptors (Lipinski definition) is 9. The van der Waals surface area contributed by atoms with Crippen molar-refractivity contribution in [2.75, 3.05) is 39.6 Å². The zero-order chi connectivity index (χ0) is 28.7. The second-order valence-electron chi connectivity index (χ2n) is 10.4. The maximum absolute atomic E-state index is 8.92. The first-order valence-electron chi connectivity index (χ1n) is 14.9. The van der Waals surface area contributed by atoms with Crippen molar-refractivity contribution in [1.82, 2.24) is 0 Å². The molecule has 0 saturated carbocycles. The van der Waals surface area contributed by atoms with E-state index in [1.807, 2.05) is 55.5 Å².